The van der Waals surface area contributed by atoms with Crippen molar-refractivity contribution in [2.45, 2.75) is 19.8 Å². The van der Waals surface area contributed by atoms with Gasteiger partial charge in [0.1, 0.15) is 0 Å². The highest BCUT2D eigenvalue weighted by molar-refractivity contribution is 7.91. The van der Waals surface area contributed by atoms with E-state index in [0.29, 0.717) is 17.7 Å². The summed E-state index contributed by atoms with van der Waals surface area (Å²) in [5, 5.41) is 3.93. The number of rotatable bonds is 5. The number of sulfone groups is 1. The Labute approximate surface area is 134 Å². The number of ether oxygens (including phenoxy) is 1. The van der Waals surface area contributed by atoms with Gasteiger partial charge in [-0.15, -0.1) is 0 Å². The van der Waals surface area contributed by atoms with Gasteiger partial charge in [0.2, 0.25) is 5.91 Å². The average Bonchev–Trinajstić information content (AvgIpc) is 2.83. The maximum absolute atomic E-state index is 13.6. The van der Waals surface area contributed by atoms with Gasteiger partial charge in [0.15, 0.2) is 21.4 Å². The Hall–Kier alpha value is -1.96. The van der Waals surface area contributed by atoms with E-state index in [1.54, 1.807) is 13.0 Å². The maximum Gasteiger partial charge on any atom is 0.240 e. The van der Waals surface area contributed by atoms with E-state index >= 15 is 0 Å². The molecule has 23 heavy (non-hydrogen) atoms. The molecule has 8 heteroatoms. The number of halogens is 1. The second-order valence-corrected chi connectivity index (χ2v) is 7.78. The Kier molecular flexibility index (Phi) is 5.35. The van der Waals surface area contributed by atoms with Crippen LogP contribution in [-0.4, -0.2) is 38.7 Å². The van der Waals surface area contributed by atoms with Gasteiger partial charge in [-0.3, -0.25) is 4.79 Å². The Morgan fingerprint density at radius 1 is 1.48 bits per heavy atom. The van der Waals surface area contributed by atoms with Crippen LogP contribution in [0.15, 0.2) is 23.3 Å². The van der Waals surface area contributed by atoms with Crippen molar-refractivity contribution < 1.29 is 22.3 Å². The molecule has 1 aromatic carbocycles. The molecule has 0 bridgehead atoms. The number of hydrogen-bond acceptors (Lipinski definition) is 5. The predicted molar refractivity (Wildman–Crippen MR) is 84.7 cm³/mol. The molecule has 126 valence electrons. The molecule has 1 aliphatic heterocycles. The van der Waals surface area contributed by atoms with Gasteiger partial charge in [0, 0.05) is 12.0 Å². The third-order valence-corrected chi connectivity index (χ3v) is 5.56. The fraction of sp³-hybridized carbons (Fsp3) is 0.467. The number of carbonyl (C=O) groups excluding carboxylic acids is 1. The van der Waals surface area contributed by atoms with Crippen molar-refractivity contribution in [3.8, 4) is 5.75 Å². The van der Waals surface area contributed by atoms with Crippen molar-refractivity contribution in [2.24, 2.45) is 11.0 Å². The number of hydrazone groups is 1. The molecule has 0 radical (unpaired) electrons. The van der Waals surface area contributed by atoms with Crippen LogP contribution in [0.5, 0.6) is 5.75 Å². The molecule has 1 fully saturated rings. The maximum atomic E-state index is 13.6. The average molecular weight is 342 g/mol. The molecular weight excluding hydrogens is 323 g/mol. The molecule has 0 unspecified atom stereocenters. The second-order valence-electron chi connectivity index (χ2n) is 5.55. The van der Waals surface area contributed by atoms with Crippen molar-refractivity contribution in [1.29, 1.82) is 0 Å². The molecule has 2 rings (SSSR count). The highest BCUT2D eigenvalue weighted by Crippen LogP contribution is 2.21. The molecule has 0 aromatic heterocycles. The van der Waals surface area contributed by atoms with Crippen molar-refractivity contribution in [3.63, 3.8) is 0 Å². The van der Waals surface area contributed by atoms with Crippen molar-refractivity contribution >= 4 is 21.5 Å². The zero-order valence-electron chi connectivity index (χ0n) is 13.0. The highest BCUT2D eigenvalue weighted by atomic mass is 32.2. The fourth-order valence-electron chi connectivity index (χ4n) is 2.44. The summed E-state index contributed by atoms with van der Waals surface area (Å²) in [7, 11) is -1.62. The molecular formula is C15H19FN2O4S. The first-order valence-corrected chi connectivity index (χ1v) is 9.00. The molecule has 0 saturated carbocycles. The molecule has 1 N–H and O–H groups in total. The van der Waals surface area contributed by atoms with Gasteiger partial charge in [0.25, 0.3) is 0 Å². The van der Waals surface area contributed by atoms with Gasteiger partial charge in [-0.2, -0.15) is 5.10 Å². The largest absolute Gasteiger partial charge is 0.494 e. The van der Waals surface area contributed by atoms with E-state index in [2.05, 4.69) is 10.5 Å². The van der Waals surface area contributed by atoms with E-state index in [1.165, 1.54) is 19.2 Å². The minimum Gasteiger partial charge on any atom is -0.494 e. The summed E-state index contributed by atoms with van der Waals surface area (Å²) >= 11 is 0. The molecule has 1 atom stereocenters. The van der Waals surface area contributed by atoms with Gasteiger partial charge >= 0.3 is 0 Å². The normalized spacial score (nSPS) is 20.3. The zero-order valence-corrected chi connectivity index (χ0v) is 13.8. The van der Waals surface area contributed by atoms with Crippen LogP contribution in [0.1, 0.15) is 25.3 Å². The van der Waals surface area contributed by atoms with Crippen LogP contribution < -0.4 is 10.2 Å². The van der Waals surface area contributed by atoms with E-state index in [1.807, 2.05) is 0 Å². The quantitative estimate of drug-likeness (QED) is 0.649. The lowest BCUT2D eigenvalue weighted by molar-refractivity contribution is -0.121. The highest BCUT2D eigenvalue weighted by Gasteiger charge is 2.29. The first-order chi connectivity index (χ1) is 10.8. The molecule has 0 aliphatic carbocycles. The van der Waals surface area contributed by atoms with Crippen molar-refractivity contribution in [1.82, 2.24) is 5.43 Å². The van der Waals surface area contributed by atoms with Gasteiger partial charge in [-0.1, -0.05) is 0 Å². The molecule has 0 spiro atoms. The summed E-state index contributed by atoms with van der Waals surface area (Å²) in [6.07, 6.45) is 0.620. The van der Waals surface area contributed by atoms with E-state index in [0.717, 1.165) is 0 Å². The van der Waals surface area contributed by atoms with E-state index in [9.17, 15) is 17.6 Å². The predicted octanol–water partition coefficient (Wildman–Crippen LogP) is 1.50. The summed E-state index contributed by atoms with van der Waals surface area (Å²) in [5.41, 5.74) is 3.35. The van der Waals surface area contributed by atoms with Gasteiger partial charge in [-0.25, -0.2) is 18.2 Å². The Bertz CT molecular complexity index is 731. The van der Waals surface area contributed by atoms with Crippen molar-refractivity contribution in [2.75, 3.05) is 18.6 Å². The van der Waals surface area contributed by atoms with Crippen LogP contribution in [-0.2, 0) is 14.6 Å². The standard InChI is InChI=1S/C15H19FN2O4S/c1-10(12-3-4-14(22-2)13(16)8-12)17-18-15(19)7-11-5-6-23(20,21)9-11/h3-4,8,11H,5-7,9H2,1-2H3,(H,18,19)/b17-10-/t11-/m1/s1. The molecule has 6 nitrogen and oxygen atoms in total. The number of benzene rings is 1. The molecule has 1 amide bonds. The van der Waals surface area contributed by atoms with Crippen LogP contribution in [0.2, 0.25) is 0 Å². The summed E-state index contributed by atoms with van der Waals surface area (Å²) in [4.78, 5) is 11.8. The number of nitrogens with zero attached hydrogens (tertiary/aromatic N) is 1. The molecule has 1 aliphatic rings. The summed E-state index contributed by atoms with van der Waals surface area (Å²) in [5.74, 6) is -0.699. The zero-order chi connectivity index (χ0) is 17.0. The Morgan fingerprint density at radius 3 is 2.78 bits per heavy atom. The lowest BCUT2D eigenvalue weighted by Crippen LogP contribution is -2.22. The number of nitrogens with one attached hydrogen (secondary N) is 1. The van der Waals surface area contributed by atoms with Gasteiger partial charge in [0.05, 0.1) is 24.3 Å². The first kappa shape index (κ1) is 17.4. The van der Waals surface area contributed by atoms with Crippen molar-refractivity contribution in [3.05, 3.63) is 29.6 Å². The molecule has 1 saturated heterocycles. The summed E-state index contributed by atoms with van der Waals surface area (Å²) < 4.78 is 41.2. The minimum atomic E-state index is -3.00. The smallest absolute Gasteiger partial charge is 0.240 e. The molecule has 1 heterocycles. The van der Waals surface area contributed by atoms with Crippen LogP contribution >= 0.6 is 0 Å². The Balaban J connectivity index is 1.94. The van der Waals surface area contributed by atoms with Crippen LogP contribution in [0.4, 0.5) is 4.39 Å². The first-order valence-electron chi connectivity index (χ1n) is 7.18. The second kappa shape index (κ2) is 7.08. The lowest BCUT2D eigenvalue weighted by Gasteiger charge is -2.07. The summed E-state index contributed by atoms with van der Waals surface area (Å²) in [6.45, 7) is 1.64. The third-order valence-electron chi connectivity index (χ3n) is 3.72. The lowest BCUT2D eigenvalue weighted by atomic mass is 10.1. The van der Waals surface area contributed by atoms with Crippen LogP contribution in [0.3, 0.4) is 0 Å². The van der Waals surface area contributed by atoms with Crippen LogP contribution in [0.25, 0.3) is 0 Å². The van der Waals surface area contributed by atoms with E-state index in [4.69, 9.17) is 4.74 Å². The monoisotopic (exact) mass is 342 g/mol. The Morgan fingerprint density at radius 2 is 2.22 bits per heavy atom. The third kappa shape index (κ3) is 4.75. The van der Waals surface area contributed by atoms with Gasteiger partial charge in [-0.05, 0) is 37.5 Å². The topological polar surface area (TPSA) is 84.8 Å². The minimum absolute atomic E-state index is 0.0484. The summed E-state index contributed by atoms with van der Waals surface area (Å²) in [6, 6.07) is 4.39. The van der Waals surface area contributed by atoms with Gasteiger partial charge < -0.3 is 4.74 Å². The number of amides is 1. The van der Waals surface area contributed by atoms with Crippen LogP contribution in [0, 0.1) is 11.7 Å². The number of hydrogen-bond donors (Lipinski definition) is 1. The van der Waals surface area contributed by atoms with E-state index < -0.39 is 15.7 Å². The molecule has 1 aromatic rings. The SMILES string of the molecule is COc1ccc(/C(C)=N\NC(=O)C[C@H]2CCS(=O)(=O)C2)cc1F. The fourth-order valence-corrected chi connectivity index (χ4v) is 4.30. The number of methoxy groups -OCH3 is 1. The number of carbonyl (C=O) groups is 1. The van der Waals surface area contributed by atoms with E-state index in [-0.39, 0.29) is 35.5 Å².